The Balaban J connectivity index is 2.60. The molecule has 0 aliphatic heterocycles. The summed E-state index contributed by atoms with van der Waals surface area (Å²) >= 11 is 24.1. The smallest absolute Gasteiger partial charge is 0.283 e. The molecule has 10 heteroatoms. The van der Waals surface area contributed by atoms with Gasteiger partial charge in [-0.15, -0.1) is 0 Å². The second kappa shape index (κ2) is 7.87. The van der Waals surface area contributed by atoms with Crippen LogP contribution >= 0.6 is 46.4 Å². The van der Waals surface area contributed by atoms with E-state index >= 15 is 0 Å². The second-order valence-corrected chi connectivity index (χ2v) is 9.23. The van der Waals surface area contributed by atoms with Crippen molar-refractivity contribution in [3.63, 3.8) is 0 Å². The fraction of sp³-hybridized carbons (Fsp3) is 0.0526. The highest BCUT2D eigenvalue weighted by atomic mass is 35.5. The van der Waals surface area contributed by atoms with Gasteiger partial charge in [0, 0.05) is 5.56 Å². The van der Waals surface area contributed by atoms with E-state index in [1.807, 2.05) is 0 Å². The summed E-state index contributed by atoms with van der Waals surface area (Å²) in [6, 6.07) is 12.6. The van der Waals surface area contributed by atoms with Crippen molar-refractivity contribution in [3.05, 3.63) is 91.4 Å². The molecule has 1 atom stereocenters. The van der Waals surface area contributed by atoms with Crippen molar-refractivity contribution in [2.75, 3.05) is 0 Å². The molecule has 0 heterocycles. The predicted octanol–water partition coefficient (Wildman–Crippen LogP) is 5.89. The average Bonchev–Trinajstić information content (AvgIpc) is 2.67. The first kappa shape index (κ1) is 22.0. The molecule has 0 amide bonds. The van der Waals surface area contributed by atoms with E-state index in [9.17, 15) is 23.2 Å². The molecule has 0 aliphatic rings. The van der Waals surface area contributed by atoms with Crippen molar-refractivity contribution in [3.8, 4) is 11.5 Å². The molecular weight excluding hydrogens is 482 g/mol. The van der Waals surface area contributed by atoms with Crippen LogP contribution in [0.25, 0.3) is 0 Å². The monoisotopic (exact) mass is 492 g/mol. The molecule has 3 aromatic rings. The Morgan fingerprint density at radius 2 is 1.34 bits per heavy atom. The van der Waals surface area contributed by atoms with E-state index in [2.05, 4.69) is 0 Å². The summed E-state index contributed by atoms with van der Waals surface area (Å²) in [4.78, 5) is 0. The Hall–Kier alpha value is -1.67. The van der Waals surface area contributed by atoms with Crippen LogP contribution in [-0.2, 0) is 14.9 Å². The highest BCUT2D eigenvalue weighted by Gasteiger charge is 2.51. The van der Waals surface area contributed by atoms with Crippen LogP contribution in [0.4, 0.5) is 0 Å². The minimum Gasteiger partial charge on any atom is -0.506 e. The molecule has 0 bridgehead atoms. The van der Waals surface area contributed by atoms with Crippen LogP contribution < -0.4 is 0 Å². The molecule has 29 heavy (non-hydrogen) atoms. The molecule has 3 N–H and O–H groups in total. The number of rotatable bonds is 4. The molecule has 0 radical (unpaired) electrons. The van der Waals surface area contributed by atoms with Crippen molar-refractivity contribution in [1.82, 2.24) is 0 Å². The number of hydrogen-bond donors (Lipinski definition) is 3. The lowest BCUT2D eigenvalue weighted by atomic mass is 9.83. The van der Waals surface area contributed by atoms with Crippen molar-refractivity contribution in [2.24, 2.45) is 0 Å². The molecule has 5 nitrogen and oxygen atoms in total. The average molecular weight is 494 g/mol. The zero-order valence-corrected chi connectivity index (χ0v) is 18.1. The van der Waals surface area contributed by atoms with Gasteiger partial charge in [0.2, 0.25) is 0 Å². The molecule has 0 aromatic heterocycles. The lowest BCUT2D eigenvalue weighted by Gasteiger charge is -2.33. The quantitative estimate of drug-likeness (QED) is 0.311. The maximum atomic E-state index is 12.9. The van der Waals surface area contributed by atoms with E-state index in [4.69, 9.17) is 46.4 Å². The number of hydrogen-bond acceptors (Lipinski definition) is 4. The molecule has 0 saturated carbocycles. The first-order valence-electron chi connectivity index (χ1n) is 7.90. The highest BCUT2D eigenvalue weighted by Crippen LogP contribution is 2.52. The lowest BCUT2D eigenvalue weighted by Crippen LogP contribution is -2.38. The fourth-order valence-corrected chi connectivity index (χ4v) is 5.22. The molecular formula is C19H12Cl4O5S. The van der Waals surface area contributed by atoms with Gasteiger partial charge in [-0.2, -0.15) is 8.42 Å². The first-order valence-corrected chi connectivity index (χ1v) is 10.9. The summed E-state index contributed by atoms with van der Waals surface area (Å²) in [5, 5.41) is 19.9. The number of halogens is 4. The van der Waals surface area contributed by atoms with Gasteiger partial charge in [-0.25, -0.2) is 0 Å². The zero-order valence-electron chi connectivity index (χ0n) is 14.3. The molecule has 1 unspecified atom stereocenters. The van der Waals surface area contributed by atoms with Gasteiger partial charge in [0.1, 0.15) is 10.8 Å². The molecule has 152 valence electrons. The zero-order chi connectivity index (χ0) is 21.6. The minimum absolute atomic E-state index is 0.0172. The summed E-state index contributed by atoms with van der Waals surface area (Å²) in [6.07, 6.45) is 0. The topological polar surface area (TPSA) is 94.8 Å². The number of benzene rings is 3. The van der Waals surface area contributed by atoms with E-state index in [0.29, 0.717) is 0 Å². The van der Waals surface area contributed by atoms with Gasteiger partial charge in [-0.3, -0.25) is 4.55 Å². The summed E-state index contributed by atoms with van der Waals surface area (Å²) < 4.78 is 33.9. The van der Waals surface area contributed by atoms with Crippen molar-refractivity contribution in [1.29, 1.82) is 0 Å². The minimum atomic E-state index is -5.04. The summed E-state index contributed by atoms with van der Waals surface area (Å²) in [6.45, 7) is 0. The highest BCUT2D eigenvalue weighted by molar-refractivity contribution is 7.87. The largest absolute Gasteiger partial charge is 0.506 e. The maximum Gasteiger partial charge on any atom is 0.283 e. The molecule has 0 aliphatic carbocycles. The molecule has 0 spiro atoms. The van der Waals surface area contributed by atoms with Crippen LogP contribution in [0, 0.1) is 0 Å². The maximum absolute atomic E-state index is 12.9. The number of phenolic OH excluding ortho intramolecular Hbond substituents is 2. The van der Waals surface area contributed by atoms with Crippen LogP contribution in [0.5, 0.6) is 11.5 Å². The number of phenols is 2. The summed E-state index contributed by atoms with van der Waals surface area (Å²) in [5.41, 5.74) is -0.347. The third-order valence-corrected chi connectivity index (χ3v) is 7.29. The van der Waals surface area contributed by atoms with E-state index in [1.165, 1.54) is 30.3 Å². The van der Waals surface area contributed by atoms with Gasteiger partial charge in [-0.1, -0.05) is 82.8 Å². The number of aromatic hydroxyl groups is 2. The Kier molecular flexibility index (Phi) is 5.98. The van der Waals surface area contributed by atoms with Crippen molar-refractivity contribution in [2.45, 2.75) is 4.75 Å². The van der Waals surface area contributed by atoms with Gasteiger partial charge < -0.3 is 10.2 Å². The van der Waals surface area contributed by atoms with Crippen LogP contribution in [-0.4, -0.2) is 23.2 Å². The third-order valence-electron chi connectivity index (χ3n) is 4.44. The van der Waals surface area contributed by atoms with Gasteiger partial charge in [0.15, 0.2) is 10.5 Å². The summed E-state index contributed by atoms with van der Waals surface area (Å²) in [5.74, 6) is -1.41. The van der Waals surface area contributed by atoms with E-state index < -0.39 is 31.4 Å². The Labute approximate surface area is 186 Å². The Morgan fingerprint density at radius 3 is 1.90 bits per heavy atom. The van der Waals surface area contributed by atoms with E-state index in [-0.39, 0.29) is 31.8 Å². The standard InChI is InChI=1S/C19H12Cl4O5S/c20-13-7-6-11(8-14(13)21)19(29(26,27)28,10-4-2-1-3-5-10)12-9-15(22)18(25)16(23)17(12)24/h1-9,24-25H,(H,26,27,28). The fourth-order valence-electron chi connectivity index (χ4n) is 3.17. The van der Waals surface area contributed by atoms with E-state index in [1.54, 1.807) is 18.2 Å². The van der Waals surface area contributed by atoms with Crippen molar-refractivity contribution >= 4 is 56.5 Å². The third kappa shape index (κ3) is 3.54. The van der Waals surface area contributed by atoms with Gasteiger partial charge in [0.25, 0.3) is 10.1 Å². The van der Waals surface area contributed by atoms with Crippen molar-refractivity contribution < 1.29 is 23.2 Å². The predicted molar refractivity (Wildman–Crippen MR) is 114 cm³/mol. The molecule has 0 saturated heterocycles. The van der Waals surface area contributed by atoms with Crippen LogP contribution in [0.2, 0.25) is 20.1 Å². The Morgan fingerprint density at radius 1 is 0.724 bits per heavy atom. The Bertz CT molecular complexity index is 1200. The molecule has 3 rings (SSSR count). The van der Waals surface area contributed by atoms with Crippen LogP contribution in [0.1, 0.15) is 16.7 Å². The second-order valence-electron chi connectivity index (χ2n) is 6.07. The normalized spacial score (nSPS) is 13.8. The molecule has 3 aromatic carbocycles. The van der Waals surface area contributed by atoms with Gasteiger partial charge >= 0.3 is 0 Å². The SMILES string of the molecule is O=S(=O)(O)C(c1ccccc1)(c1ccc(Cl)c(Cl)c1)c1cc(Cl)c(O)c(Cl)c1O. The summed E-state index contributed by atoms with van der Waals surface area (Å²) in [7, 11) is -5.04. The lowest BCUT2D eigenvalue weighted by molar-refractivity contribution is 0.431. The molecule has 0 fully saturated rings. The van der Waals surface area contributed by atoms with Gasteiger partial charge in [-0.05, 0) is 29.3 Å². The first-order chi connectivity index (χ1) is 13.5. The van der Waals surface area contributed by atoms with Crippen LogP contribution in [0.3, 0.4) is 0 Å². The van der Waals surface area contributed by atoms with Crippen LogP contribution in [0.15, 0.2) is 54.6 Å². The van der Waals surface area contributed by atoms with Gasteiger partial charge in [0.05, 0.1) is 15.1 Å². The van der Waals surface area contributed by atoms with E-state index in [0.717, 1.165) is 6.07 Å².